The van der Waals surface area contributed by atoms with Crippen LogP contribution in [-0.2, 0) is 17.4 Å². The molecule has 1 aliphatic heterocycles. The summed E-state index contributed by atoms with van der Waals surface area (Å²) in [6.07, 6.45) is 1.91. The molecule has 13 heteroatoms. The summed E-state index contributed by atoms with van der Waals surface area (Å²) in [6.45, 7) is 5.23. The van der Waals surface area contributed by atoms with Crippen LogP contribution in [0, 0.1) is 0 Å². The fourth-order valence-corrected chi connectivity index (χ4v) is 4.33. The van der Waals surface area contributed by atoms with Crippen LogP contribution in [0.4, 0.5) is 27.8 Å². The van der Waals surface area contributed by atoms with E-state index in [9.17, 15) is 31.5 Å². The third-order valence-electron chi connectivity index (χ3n) is 6.82. The number of nitrogens with two attached hydrogens (primary N) is 1. The van der Waals surface area contributed by atoms with E-state index in [4.69, 9.17) is 10.2 Å². The molecule has 5 rings (SSSR count). The number of furan rings is 1. The van der Waals surface area contributed by atoms with Gasteiger partial charge in [0.2, 0.25) is 5.91 Å². The molecule has 0 bridgehead atoms. The lowest BCUT2D eigenvalue weighted by atomic mass is 10.0. The first-order chi connectivity index (χ1) is 21.8. The molecule has 0 atom stereocenters. The molecule has 3 aromatic heterocycles. The van der Waals surface area contributed by atoms with Gasteiger partial charge in [-0.1, -0.05) is 13.8 Å². The van der Waals surface area contributed by atoms with Gasteiger partial charge in [0, 0.05) is 73.9 Å². The number of hydrogen-bond donors (Lipinski definition) is 2. The molecule has 4 heterocycles. The van der Waals surface area contributed by atoms with Gasteiger partial charge in [0.15, 0.2) is 6.29 Å². The predicted octanol–water partition coefficient (Wildman–Crippen LogP) is 7.05. The third-order valence-corrected chi connectivity index (χ3v) is 6.82. The second-order valence-corrected chi connectivity index (χ2v) is 10.3. The Balaban J connectivity index is 0.000000446. The minimum atomic E-state index is -4.65. The van der Waals surface area contributed by atoms with E-state index >= 15 is 0 Å². The normalized spacial score (nSPS) is 14.6. The van der Waals surface area contributed by atoms with E-state index < -0.39 is 17.7 Å². The van der Waals surface area contributed by atoms with Crippen molar-refractivity contribution < 1.29 is 36.0 Å². The molecule has 0 unspecified atom stereocenters. The summed E-state index contributed by atoms with van der Waals surface area (Å²) < 4.78 is 71.4. The molecular formula is C33H36F5N5O3. The molecule has 8 nitrogen and oxygen atoms in total. The van der Waals surface area contributed by atoms with Crippen molar-refractivity contribution in [3.63, 3.8) is 0 Å². The number of nitrogens with one attached hydrogen (secondary N) is 1. The van der Waals surface area contributed by atoms with Crippen molar-refractivity contribution in [2.24, 2.45) is 0 Å². The fraction of sp³-hybridized carbons (Fsp3) is 0.333. The molecule has 46 heavy (non-hydrogen) atoms. The molecule has 1 aromatic carbocycles. The number of pyridine rings is 2. The van der Waals surface area contributed by atoms with E-state index in [0.29, 0.717) is 47.8 Å². The topological polar surface area (TPSA) is 114 Å². The van der Waals surface area contributed by atoms with Gasteiger partial charge in [-0.25, -0.2) is 13.8 Å². The maximum atomic E-state index is 13.7. The Labute approximate surface area is 263 Å². The number of rotatable bonds is 7. The number of anilines is 1. The van der Waals surface area contributed by atoms with Gasteiger partial charge in [0.1, 0.15) is 17.2 Å². The van der Waals surface area contributed by atoms with Crippen LogP contribution in [0.3, 0.4) is 0 Å². The Hall–Kier alpha value is -4.65. The number of carbonyl (C=O) groups is 2. The Kier molecular flexibility index (Phi) is 12.5. The fourth-order valence-electron chi connectivity index (χ4n) is 4.33. The molecule has 0 spiro atoms. The van der Waals surface area contributed by atoms with E-state index in [0.717, 1.165) is 6.07 Å². The minimum absolute atomic E-state index is 0.0312. The first-order valence-corrected chi connectivity index (χ1v) is 14.6. The summed E-state index contributed by atoms with van der Waals surface area (Å²) in [4.78, 5) is 32.8. The number of halogens is 5. The Morgan fingerprint density at radius 3 is 2.28 bits per heavy atom. The minimum Gasteiger partial charge on any atom is -0.460 e. The summed E-state index contributed by atoms with van der Waals surface area (Å²) >= 11 is 0. The summed E-state index contributed by atoms with van der Waals surface area (Å²) in [5.41, 5.74) is 5.84. The standard InChI is InChI=1S/C25H19F3N4O3.C6H11F2N.C2H6/c26-25(27,28)20-11-17(21-4-1-16(14-33)13-31-21)9-18-10-19(35-24(18)20)7-8-30-23(34)6-3-15-2-5-22(29)32-12-15;1-9-4-2-6(7,8)3-5-9;1-2/h1-6,9-14H,7-8H2,(H2,29,32)(H,30,34);2-5H2,1H3;1-2H3/b6-3+;;. The van der Waals surface area contributed by atoms with Gasteiger partial charge in [0.05, 0.1) is 11.3 Å². The zero-order valence-electron chi connectivity index (χ0n) is 25.7. The molecule has 1 fully saturated rings. The van der Waals surface area contributed by atoms with Crippen molar-refractivity contribution in [3.8, 4) is 11.3 Å². The highest BCUT2D eigenvalue weighted by Gasteiger charge is 2.35. The zero-order chi connectivity index (χ0) is 33.9. The second kappa shape index (κ2) is 16.1. The van der Waals surface area contributed by atoms with Crippen molar-refractivity contribution in [1.29, 1.82) is 0 Å². The number of aromatic nitrogens is 2. The van der Waals surface area contributed by atoms with Crippen LogP contribution in [0.1, 0.15) is 53.9 Å². The first-order valence-electron chi connectivity index (χ1n) is 14.6. The molecule has 0 radical (unpaired) electrons. The number of nitrogen functional groups attached to an aromatic ring is 1. The molecule has 0 aliphatic carbocycles. The second-order valence-electron chi connectivity index (χ2n) is 10.3. The smallest absolute Gasteiger partial charge is 0.420 e. The highest BCUT2D eigenvalue weighted by molar-refractivity contribution is 5.91. The molecule has 1 amide bonds. The lowest BCUT2D eigenvalue weighted by molar-refractivity contribution is -0.136. The third kappa shape index (κ3) is 10.5. The van der Waals surface area contributed by atoms with Crippen molar-refractivity contribution in [3.05, 3.63) is 83.4 Å². The summed E-state index contributed by atoms with van der Waals surface area (Å²) in [5.74, 6) is -2.10. The van der Waals surface area contributed by atoms with Crippen LogP contribution in [0.2, 0.25) is 0 Å². The van der Waals surface area contributed by atoms with E-state index in [1.807, 2.05) is 25.8 Å². The van der Waals surface area contributed by atoms with Crippen LogP contribution in [0.25, 0.3) is 28.3 Å². The highest BCUT2D eigenvalue weighted by Crippen LogP contribution is 2.39. The molecule has 246 valence electrons. The van der Waals surface area contributed by atoms with Gasteiger partial charge in [-0.2, -0.15) is 13.2 Å². The number of likely N-dealkylation sites (tertiary alicyclic amines) is 1. The number of aldehydes is 1. The van der Waals surface area contributed by atoms with Crippen molar-refractivity contribution in [2.75, 3.05) is 32.4 Å². The quantitative estimate of drug-likeness (QED) is 0.126. The highest BCUT2D eigenvalue weighted by atomic mass is 19.4. The number of carbonyl (C=O) groups excluding carboxylic acids is 2. The Morgan fingerprint density at radius 2 is 1.72 bits per heavy atom. The van der Waals surface area contributed by atoms with Crippen LogP contribution in [-0.4, -0.2) is 59.7 Å². The van der Waals surface area contributed by atoms with E-state index in [1.165, 1.54) is 36.7 Å². The average molecular weight is 646 g/mol. The van der Waals surface area contributed by atoms with Gasteiger partial charge in [-0.15, -0.1) is 0 Å². The molecule has 1 saturated heterocycles. The van der Waals surface area contributed by atoms with Gasteiger partial charge in [-0.3, -0.25) is 14.6 Å². The van der Waals surface area contributed by atoms with Crippen molar-refractivity contribution >= 4 is 35.1 Å². The van der Waals surface area contributed by atoms with E-state index in [2.05, 4.69) is 15.3 Å². The molecular weight excluding hydrogens is 609 g/mol. The number of nitrogens with zero attached hydrogens (tertiary/aromatic N) is 3. The maximum absolute atomic E-state index is 13.7. The Morgan fingerprint density at radius 1 is 1.04 bits per heavy atom. The SMILES string of the molecule is CC.CN1CCC(F)(F)CC1.Nc1ccc(/C=C/C(=O)NCCc2cc3cc(-c4ccc(C=O)cn4)cc(C(F)(F)F)c3o2)cn1. The lowest BCUT2D eigenvalue weighted by Gasteiger charge is -2.28. The summed E-state index contributed by atoms with van der Waals surface area (Å²) in [6, 6.07) is 10.3. The first kappa shape index (κ1) is 35.8. The largest absolute Gasteiger partial charge is 0.460 e. The van der Waals surface area contributed by atoms with Crippen molar-refractivity contribution in [2.45, 2.75) is 45.2 Å². The van der Waals surface area contributed by atoms with Gasteiger partial charge < -0.3 is 20.4 Å². The summed E-state index contributed by atoms with van der Waals surface area (Å²) in [5, 5.41) is 2.92. The maximum Gasteiger partial charge on any atom is 0.420 e. The number of benzene rings is 1. The number of alkyl halides is 5. The molecule has 1 aliphatic rings. The van der Waals surface area contributed by atoms with E-state index in [-0.39, 0.29) is 48.2 Å². The number of fused-ring (bicyclic) bond motifs is 1. The molecule has 4 aromatic rings. The monoisotopic (exact) mass is 645 g/mol. The molecule has 3 N–H and O–H groups in total. The number of piperidine rings is 1. The van der Waals surface area contributed by atoms with Gasteiger partial charge >= 0.3 is 6.18 Å². The van der Waals surface area contributed by atoms with Crippen LogP contribution >= 0.6 is 0 Å². The number of amides is 1. The summed E-state index contributed by atoms with van der Waals surface area (Å²) in [7, 11) is 1.87. The van der Waals surface area contributed by atoms with E-state index in [1.54, 1.807) is 24.3 Å². The lowest BCUT2D eigenvalue weighted by Crippen LogP contribution is -2.36. The van der Waals surface area contributed by atoms with Crippen LogP contribution in [0.5, 0.6) is 0 Å². The van der Waals surface area contributed by atoms with Crippen LogP contribution in [0.15, 0.2) is 65.4 Å². The van der Waals surface area contributed by atoms with Gasteiger partial charge in [0.25, 0.3) is 5.92 Å². The predicted molar refractivity (Wildman–Crippen MR) is 167 cm³/mol. The van der Waals surface area contributed by atoms with Gasteiger partial charge in [-0.05, 0) is 61.2 Å². The Bertz CT molecular complexity index is 1610. The zero-order valence-corrected chi connectivity index (χ0v) is 25.7. The number of hydrogen-bond acceptors (Lipinski definition) is 7. The molecule has 0 saturated carbocycles. The van der Waals surface area contributed by atoms with Crippen LogP contribution < -0.4 is 11.1 Å². The average Bonchev–Trinajstić information content (AvgIpc) is 3.45. The van der Waals surface area contributed by atoms with Crippen molar-refractivity contribution in [1.82, 2.24) is 20.2 Å².